The molecule has 0 spiro atoms. The molecule has 22 heavy (non-hydrogen) atoms. The van der Waals surface area contributed by atoms with Crippen molar-refractivity contribution < 1.29 is 19.4 Å². The number of aryl methyl sites for hydroxylation is 3. The lowest BCUT2D eigenvalue weighted by Gasteiger charge is -2.30. The number of esters is 1. The Bertz CT molecular complexity index is 577. The summed E-state index contributed by atoms with van der Waals surface area (Å²) >= 11 is 0. The molecule has 1 heterocycles. The van der Waals surface area contributed by atoms with E-state index in [1.54, 1.807) is 6.92 Å². The lowest BCUT2D eigenvalue weighted by Crippen LogP contribution is -2.41. The van der Waals surface area contributed by atoms with E-state index < -0.39 is 24.0 Å². The van der Waals surface area contributed by atoms with Crippen molar-refractivity contribution in [2.45, 2.75) is 66.5 Å². The van der Waals surface area contributed by atoms with Gasteiger partial charge < -0.3 is 14.6 Å². The molecule has 1 fully saturated rings. The summed E-state index contributed by atoms with van der Waals surface area (Å²) in [6.07, 6.45) is -1.72. The Hall–Kier alpha value is -1.39. The molecule has 2 rings (SSSR count). The molecule has 1 aromatic carbocycles. The van der Waals surface area contributed by atoms with E-state index in [9.17, 15) is 9.90 Å². The standard InChI is InChI=1S/C18H26O4/c1-10-8-11(2)13(12(3)9-10)14(19)18(7)15(20)21-16(22-18)17(4,5)6/h8-9,14,16,19H,1-7H3. The van der Waals surface area contributed by atoms with Gasteiger partial charge in [-0.25, -0.2) is 4.79 Å². The highest BCUT2D eigenvalue weighted by atomic mass is 16.8. The molecule has 0 amide bonds. The zero-order valence-electron chi connectivity index (χ0n) is 14.5. The summed E-state index contributed by atoms with van der Waals surface area (Å²) in [5.74, 6) is -0.515. The Morgan fingerprint density at radius 2 is 1.68 bits per heavy atom. The fourth-order valence-corrected chi connectivity index (χ4v) is 2.94. The van der Waals surface area contributed by atoms with Crippen LogP contribution in [0.2, 0.25) is 0 Å². The lowest BCUT2D eigenvalue weighted by atomic mass is 9.86. The largest absolute Gasteiger partial charge is 0.433 e. The molecule has 1 aliphatic heterocycles. The molecule has 3 unspecified atom stereocenters. The van der Waals surface area contributed by atoms with E-state index in [0.29, 0.717) is 0 Å². The second-order valence-electron chi connectivity index (χ2n) is 7.54. The predicted molar refractivity (Wildman–Crippen MR) is 84.4 cm³/mol. The maximum atomic E-state index is 12.4. The summed E-state index contributed by atoms with van der Waals surface area (Å²) in [7, 11) is 0. The van der Waals surface area contributed by atoms with Crippen LogP contribution in [0.25, 0.3) is 0 Å². The van der Waals surface area contributed by atoms with Gasteiger partial charge >= 0.3 is 5.97 Å². The van der Waals surface area contributed by atoms with Crippen molar-refractivity contribution in [3.63, 3.8) is 0 Å². The molecule has 1 N–H and O–H groups in total. The summed E-state index contributed by atoms with van der Waals surface area (Å²) < 4.78 is 11.2. The molecule has 3 atom stereocenters. The van der Waals surface area contributed by atoms with Crippen LogP contribution in [0.1, 0.15) is 56.1 Å². The van der Waals surface area contributed by atoms with Gasteiger partial charge in [-0.05, 0) is 44.4 Å². The van der Waals surface area contributed by atoms with E-state index in [0.717, 1.165) is 22.3 Å². The van der Waals surface area contributed by atoms with E-state index in [2.05, 4.69) is 0 Å². The number of rotatable bonds is 2. The molecule has 4 nitrogen and oxygen atoms in total. The molecule has 0 radical (unpaired) electrons. The van der Waals surface area contributed by atoms with Gasteiger partial charge in [0.2, 0.25) is 6.29 Å². The maximum Gasteiger partial charge on any atom is 0.343 e. The van der Waals surface area contributed by atoms with Crippen molar-refractivity contribution in [2.24, 2.45) is 5.41 Å². The van der Waals surface area contributed by atoms with Crippen molar-refractivity contribution in [2.75, 3.05) is 0 Å². The number of benzene rings is 1. The van der Waals surface area contributed by atoms with Gasteiger partial charge in [-0.1, -0.05) is 38.5 Å². The van der Waals surface area contributed by atoms with Gasteiger partial charge in [-0.3, -0.25) is 0 Å². The van der Waals surface area contributed by atoms with Crippen LogP contribution in [0.15, 0.2) is 12.1 Å². The van der Waals surface area contributed by atoms with Crippen LogP contribution in [-0.2, 0) is 14.3 Å². The number of hydrogen-bond donors (Lipinski definition) is 1. The van der Waals surface area contributed by atoms with Gasteiger partial charge in [-0.15, -0.1) is 0 Å². The van der Waals surface area contributed by atoms with E-state index in [1.807, 2.05) is 53.7 Å². The number of ether oxygens (including phenoxy) is 2. The minimum Gasteiger partial charge on any atom is -0.433 e. The smallest absolute Gasteiger partial charge is 0.343 e. The highest BCUT2D eigenvalue weighted by Crippen LogP contribution is 2.42. The van der Waals surface area contributed by atoms with Crippen molar-refractivity contribution in [3.8, 4) is 0 Å². The molecule has 1 saturated heterocycles. The Morgan fingerprint density at radius 1 is 1.18 bits per heavy atom. The monoisotopic (exact) mass is 306 g/mol. The molecule has 4 heteroatoms. The maximum absolute atomic E-state index is 12.4. The van der Waals surface area contributed by atoms with E-state index >= 15 is 0 Å². The average molecular weight is 306 g/mol. The quantitative estimate of drug-likeness (QED) is 0.851. The zero-order valence-corrected chi connectivity index (χ0v) is 14.5. The van der Waals surface area contributed by atoms with Gasteiger partial charge in [0.25, 0.3) is 0 Å². The zero-order chi connectivity index (χ0) is 16.9. The van der Waals surface area contributed by atoms with Crippen molar-refractivity contribution >= 4 is 5.97 Å². The van der Waals surface area contributed by atoms with Gasteiger partial charge in [0.1, 0.15) is 6.10 Å². The molecule has 0 bridgehead atoms. The van der Waals surface area contributed by atoms with Crippen molar-refractivity contribution in [1.82, 2.24) is 0 Å². The minimum atomic E-state index is -1.39. The molecular weight excluding hydrogens is 280 g/mol. The molecule has 0 aromatic heterocycles. The van der Waals surface area contributed by atoms with Gasteiger partial charge in [0, 0.05) is 5.41 Å². The Labute approximate surface area is 132 Å². The molecule has 1 aromatic rings. The van der Waals surface area contributed by atoms with Gasteiger partial charge in [0.15, 0.2) is 5.60 Å². The van der Waals surface area contributed by atoms with Crippen LogP contribution < -0.4 is 0 Å². The highest BCUT2D eigenvalue weighted by Gasteiger charge is 2.55. The third-order valence-corrected chi connectivity index (χ3v) is 4.21. The second-order valence-corrected chi connectivity index (χ2v) is 7.54. The summed E-state index contributed by atoms with van der Waals surface area (Å²) in [6.45, 7) is 13.3. The summed E-state index contributed by atoms with van der Waals surface area (Å²) in [5.41, 5.74) is 2.02. The number of carbonyl (C=O) groups is 1. The highest BCUT2D eigenvalue weighted by molar-refractivity contribution is 5.82. The third kappa shape index (κ3) is 2.77. The van der Waals surface area contributed by atoms with E-state index in [-0.39, 0.29) is 5.41 Å². The minimum absolute atomic E-state index is 0.343. The van der Waals surface area contributed by atoms with E-state index in [4.69, 9.17) is 9.47 Å². The first-order valence-corrected chi connectivity index (χ1v) is 7.61. The topological polar surface area (TPSA) is 55.8 Å². The molecule has 0 saturated carbocycles. The van der Waals surface area contributed by atoms with Crippen LogP contribution in [0.5, 0.6) is 0 Å². The first-order chi connectivity index (χ1) is 9.96. The van der Waals surface area contributed by atoms with Crippen LogP contribution in [0.4, 0.5) is 0 Å². The number of cyclic esters (lactones) is 1. The number of aliphatic hydroxyl groups is 1. The fourth-order valence-electron chi connectivity index (χ4n) is 2.94. The number of hydrogen-bond acceptors (Lipinski definition) is 4. The van der Waals surface area contributed by atoms with Crippen molar-refractivity contribution in [1.29, 1.82) is 0 Å². The first kappa shape index (κ1) is 17.0. The van der Waals surface area contributed by atoms with Crippen LogP contribution in [0.3, 0.4) is 0 Å². The predicted octanol–water partition coefficient (Wildman–Crippen LogP) is 3.35. The first-order valence-electron chi connectivity index (χ1n) is 7.61. The van der Waals surface area contributed by atoms with Crippen LogP contribution in [-0.4, -0.2) is 23.0 Å². The Morgan fingerprint density at radius 3 is 2.09 bits per heavy atom. The molecule has 122 valence electrons. The van der Waals surface area contributed by atoms with Crippen molar-refractivity contribution in [3.05, 3.63) is 34.4 Å². The molecule has 1 aliphatic rings. The van der Waals surface area contributed by atoms with Crippen LogP contribution >= 0.6 is 0 Å². The SMILES string of the molecule is Cc1cc(C)c(C(O)C2(C)OC(C(C)(C)C)OC2=O)c(C)c1. The lowest BCUT2D eigenvalue weighted by molar-refractivity contribution is -0.166. The molecular formula is C18H26O4. The van der Waals surface area contributed by atoms with Gasteiger partial charge in [0.05, 0.1) is 0 Å². The number of carbonyl (C=O) groups excluding carboxylic acids is 1. The molecule has 0 aliphatic carbocycles. The van der Waals surface area contributed by atoms with E-state index in [1.165, 1.54) is 0 Å². The summed E-state index contributed by atoms with van der Waals surface area (Å²) in [5, 5.41) is 10.9. The summed E-state index contributed by atoms with van der Waals surface area (Å²) in [6, 6.07) is 3.99. The average Bonchev–Trinajstić information content (AvgIpc) is 2.65. The number of aliphatic hydroxyl groups excluding tert-OH is 1. The van der Waals surface area contributed by atoms with Crippen LogP contribution in [0, 0.1) is 26.2 Å². The Kier molecular flexibility index (Phi) is 4.13. The normalized spacial score (nSPS) is 26.9. The van der Waals surface area contributed by atoms with Gasteiger partial charge in [-0.2, -0.15) is 0 Å². The Balaban J connectivity index is 2.41. The second kappa shape index (κ2) is 5.36. The third-order valence-electron chi connectivity index (χ3n) is 4.21. The summed E-state index contributed by atoms with van der Waals surface area (Å²) in [4.78, 5) is 12.4. The fraction of sp³-hybridized carbons (Fsp3) is 0.611.